The van der Waals surface area contributed by atoms with Crippen LogP contribution in [0.5, 0.6) is 0 Å². The van der Waals surface area contributed by atoms with Crippen molar-refractivity contribution in [2.45, 2.75) is 48.9 Å². The van der Waals surface area contributed by atoms with E-state index in [2.05, 4.69) is 10.5 Å². The lowest BCUT2D eigenvalue weighted by Crippen LogP contribution is -2.41. The molecular weight excluding hydrogens is 437 g/mol. The molecule has 3 N–H and O–H groups in total. The highest BCUT2D eigenvalue weighted by Crippen LogP contribution is 2.60. The SMILES string of the molecule is CCC(C)OC1(C(N)=NNc2c(Cl)cc(C(F)(F)F)cc2Cl)CC1(Cl)Cl. The molecular formula is C15H16Cl4F3N3O. The van der Waals surface area contributed by atoms with Crippen LogP contribution in [0.2, 0.25) is 10.0 Å². The van der Waals surface area contributed by atoms with Crippen LogP contribution in [0.15, 0.2) is 17.2 Å². The number of hydrogen-bond donors (Lipinski definition) is 2. The zero-order chi connectivity index (χ0) is 19.9. The van der Waals surface area contributed by atoms with Gasteiger partial charge in [0.2, 0.25) is 0 Å². The number of amidine groups is 1. The number of ether oxygens (including phenoxy) is 1. The molecule has 11 heteroatoms. The summed E-state index contributed by atoms with van der Waals surface area (Å²) in [5.74, 6) is -0.0603. The summed E-state index contributed by atoms with van der Waals surface area (Å²) in [6.45, 7) is 3.74. The number of benzene rings is 1. The number of hydrazone groups is 1. The summed E-state index contributed by atoms with van der Waals surface area (Å²) in [5.41, 5.74) is 6.24. The predicted molar refractivity (Wildman–Crippen MR) is 99.3 cm³/mol. The maximum absolute atomic E-state index is 12.8. The Hall–Kier alpha value is -0.600. The van der Waals surface area contributed by atoms with Crippen molar-refractivity contribution in [1.82, 2.24) is 0 Å². The second-order valence-corrected chi connectivity index (χ2v) is 8.26. The number of halogens is 7. The molecule has 0 aliphatic heterocycles. The second kappa shape index (κ2) is 7.43. The van der Waals surface area contributed by atoms with E-state index in [-0.39, 0.29) is 34.1 Å². The Morgan fingerprint density at radius 2 is 1.85 bits per heavy atom. The summed E-state index contributed by atoms with van der Waals surface area (Å²) in [6.07, 6.45) is -3.84. The first kappa shape index (κ1) is 21.7. The molecule has 2 rings (SSSR count). The molecule has 1 saturated carbocycles. The molecule has 1 aromatic carbocycles. The first-order chi connectivity index (χ1) is 11.8. The van der Waals surface area contributed by atoms with Crippen molar-refractivity contribution in [2.75, 3.05) is 5.43 Å². The Morgan fingerprint density at radius 1 is 1.35 bits per heavy atom. The highest BCUT2D eigenvalue weighted by atomic mass is 35.5. The van der Waals surface area contributed by atoms with Gasteiger partial charge in [0.15, 0.2) is 15.8 Å². The van der Waals surface area contributed by atoms with E-state index in [1.54, 1.807) is 0 Å². The Labute approximate surface area is 168 Å². The molecule has 4 nitrogen and oxygen atoms in total. The summed E-state index contributed by atoms with van der Waals surface area (Å²) < 4.78 is 42.9. The monoisotopic (exact) mass is 451 g/mol. The van der Waals surface area contributed by atoms with Crippen molar-refractivity contribution in [3.63, 3.8) is 0 Å². The summed E-state index contributed by atoms with van der Waals surface area (Å²) >= 11 is 24.1. The quantitative estimate of drug-likeness (QED) is 0.247. The smallest absolute Gasteiger partial charge is 0.383 e. The highest BCUT2D eigenvalue weighted by Gasteiger charge is 2.71. The fraction of sp³-hybridized carbons (Fsp3) is 0.533. The van der Waals surface area contributed by atoms with Gasteiger partial charge in [0.05, 0.1) is 27.4 Å². The van der Waals surface area contributed by atoms with E-state index >= 15 is 0 Å². The second-order valence-electron chi connectivity index (χ2n) is 5.97. The molecule has 1 aliphatic carbocycles. The number of rotatable bonds is 6. The van der Waals surface area contributed by atoms with Crippen molar-refractivity contribution < 1.29 is 17.9 Å². The van der Waals surface area contributed by atoms with Gasteiger partial charge in [0.1, 0.15) is 0 Å². The normalized spacial score (nSPS) is 23.7. The van der Waals surface area contributed by atoms with Crippen LogP contribution in [0.25, 0.3) is 0 Å². The van der Waals surface area contributed by atoms with Crippen LogP contribution < -0.4 is 11.2 Å². The van der Waals surface area contributed by atoms with Crippen molar-refractivity contribution in [2.24, 2.45) is 10.8 Å². The van der Waals surface area contributed by atoms with Gasteiger partial charge in [0.25, 0.3) is 0 Å². The predicted octanol–water partition coefficient (Wildman–Crippen LogP) is 5.83. The van der Waals surface area contributed by atoms with Crippen LogP contribution in [-0.2, 0) is 10.9 Å². The van der Waals surface area contributed by atoms with Crippen molar-refractivity contribution in [3.8, 4) is 0 Å². The molecule has 0 heterocycles. The van der Waals surface area contributed by atoms with Gasteiger partial charge in [0, 0.05) is 6.42 Å². The molecule has 2 atom stereocenters. The van der Waals surface area contributed by atoms with Crippen LogP contribution in [-0.4, -0.2) is 21.9 Å². The van der Waals surface area contributed by atoms with Gasteiger partial charge >= 0.3 is 6.18 Å². The standard InChI is InChI=1S/C15H16Cl4F3N3O/c1-3-7(2)26-13(6-14(13,18)19)12(23)25-24-11-9(16)4-8(5-10(11)17)15(20,21)22/h4-5,7,24H,3,6H2,1-2H3,(H2,23,25). The summed E-state index contributed by atoms with van der Waals surface area (Å²) in [6, 6.07) is 1.47. The largest absolute Gasteiger partial charge is 0.416 e. The molecule has 1 fully saturated rings. The molecule has 0 amide bonds. The first-order valence-corrected chi connectivity index (χ1v) is 9.06. The number of nitrogens with one attached hydrogen (secondary N) is 1. The highest BCUT2D eigenvalue weighted by molar-refractivity contribution is 6.54. The molecule has 2 unspecified atom stereocenters. The van der Waals surface area contributed by atoms with Gasteiger partial charge < -0.3 is 10.5 Å². The topological polar surface area (TPSA) is 59.6 Å². The van der Waals surface area contributed by atoms with Crippen LogP contribution in [0.1, 0.15) is 32.3 Å². The molecule has 1 aromatic rings. The van der Waals surface area contributed by atoms with Crippen molar-refractivity contribution >= 4 is 57.9 Å². The number of nitrogens with zero attached hydrogens (tertiary/aromatic N) is 1. The van der Waals surface area contributed by atoms with E-state index < -0.39 is 21.7 Å². The minimum atomic E-state index is -4.58. The minimum Gasteiger partial charge on any atom is -0.383 e. The lowest BCUT2D eigenvalue weighted by molar-refractivity contribution is -0.137. The Kier molecular flexibility index (Phi) is 6.20. The third kappa shape index (κ3) is 4.28. The van der Waals surface area contributed by atoms with Crippen molar-refractivity contribution in [3.05, 3.63) is 27.7 Å². The minimum absolute atomic E-state index is 0.0293. The Balaban J connectivity index is 2.26. The first-order valence-electron chi connectivity index (χ1n) is 7.55. The van der Waals surface area contributed by atoms with E-state index in [4.69, 9.17) is 56.9 Å². The van der Waals surface area contributed by atoms with Crippen LogP contribution in [0, 0.1) is 0 Å². The van der Waals surface area contributed by atoms with Gasteiger partial charge in [-0.3, -0.25) is 5.43 Å². The lowest BCUT2D eigenvalue weighted by Gasteiger charge is -2.23. The molecule has 0 aromatic heterocycles. The molecule has 0 bridgehead atoms. The maximum Gasteiger partial charge on any atom is 0.416 e. The van der Waals surface area contributed by atoms with E-state index in [0.717, 1.165) is 12.1 Å². The van der Waals surface area contributed by atoms with E-state index in [9.17, 15) is 13.2 Å². The van der Waals surface area contributed by atoms with Crippen LogP contribution in [0.4, 0.5) is 18.9 Å². The van der Waals surface area contributed by atoms with E-state index in [1.807, 2.05) is 13.8 Å². The Bertz CT molecular complexity index is 704. The van der Waals surface area contributed by atoms with Gasteiger partial charge in [-0.05, 0) is 25.5 Å². The van der Waals surface area contributed by atoms with Crippen LogP contribution >= 0.6 is 46.4 Å². The third-order valence-corrected chi connectivity index (χ3v) is 5.46. The van der Waals surface area contributed by atoms with Crippen molar-refractivity contribution in [1.29, 1.82) is 0 Å². The molecule has 146 valence electrons. The average molecular weight is 453 g/mol. The zero-order valence-corrected chi connectivity index (χ0v) is 16.7. The molecule has 1 aliphatic rings. The molecule has 0 spiro atoms. The number of nitrogens with two attached hydrogens (primary N) is 1. The maximum atomic E-state index is 12.8. The number of alkyl halides is 5. The summed E-state index contributed by atoms with van der Waals surface area (Å²) in [7, 11) is 0. The van der Waals surface area contributed by atoms with E-state index in [1.165, 1.54) is 0 Å². The summed E-state index contributed by atoms with van der Waals surface area (Å²) in [4.78, 5) is 0. The number of hydrogen-bond acceptors (Lipinski definition) is 3. The molecule has 26 heavy (non-hydrogen) atoms. The zero-order valence-electron chi connectivity index (χ0n) is 13.7. The number of anilines is 1. The fourth-order valence-corrected chi connectivity index (χ4v) is 3.44. The molecule has 0 saturated heterocycles. The fourth-order valence-electron chi connectivity index (χ4n) is 2.21. The lowest BCUT2D eigenvalue weighted by atomic mass is 10.2. The van der Waals surface area contributed by atoms with Crippen LogP contribution in [0.3, 0.4) is 0 Å². The van der Waals surface area contributed by atoms with Gasteiger partial charge in [-0.2, -0.15) is 18.3 Å². The third-order valence-electron chi connectivity index (χ3n) is 3.99. The van der Waals surface area contributed by atoms with E-state index in [0.29, 0.717) is 6.42 Å². The Morgan fingerprint density at radius 3 is 2.23 bits per heavy atom. The van der Waals surface area contributed by atoms with Gasteiger partial charge in [-0.15, -0.1) is 0 Å². The van der Waals surface area contributed by atoms with Gasteiger partial charge in [-0.1, -0.05) is 53.3 Å². The summed E-state index contributed by atoms with van der Waals surface area (Å²) in [5, 5.41) is 3.39. The van der Waals surface area contributed by atoms with Gasteiger partial charge in [-0.25, -0.2) is 0 Å². The molecule has 0 radical (unpaired) electrons. The average Bonchev–Trinajstić information content (AvgIpc) is 3.07.